The fourth-order valence-corrected chi connectivity index (χ4v) is 4.15. The topological polar surface area (TPSA) is 54.2 Å². The maximum Gasteiger partial charge on any atom is 0.240 e. The summed E-state index contributed by atoms with van der Waals surface area (Å²) < 4.78 is 5.54. The summed E-state index contributed by atoms with van der Waals surface area (Å²) in [6.07, 6.45) is 0.973. The van der Waals surface area contributed by atoms with Gasteiger partial charge in [-0.1, -0.05) is 23.4 Å². The smallest absolute Gasteiger partial charge is 0.240 e. The van der Waals surface area contributed by atoms with Gasteiger partial charge in [-0.15, -0.1) is 11.8 Å². The minimum Gasteiger partial charge on any atom is -0.338 e. The van der Waals surface area contributed by atoms with E-state index in [0.717, 1.165) is 37.8 Å². The Bertz CT molecular complexity index is 619. The fraction of sp³-hybridized carbons (Fsp3) is 0.467. The quantitative estimate of drug-likeness (QED) is 0.916. The van der Waals surface area contributed by atoms with Gasteiger partial charge in [-0.3, -0.25) is 4.90 Å². The van der Waals surface area contributed by atoms with Crippen molar-refractivity contribution in [1.82, 2.24) is 20.4 Å². The summed E-state index contributed by atoms with van der Waals surface area (Å²) in [5, 5.41) is 7.86. The molecule has 1 fully saturated rings. The van der Waals surface area contributed by atoms with Crippen LogP contribution >= 0.6 is 11.8 Å². The third-order valence-electron chi connectivity index (χ3n) is 4.19. The van der Waals surface area contributed by atoms with Gasteiger partial charge < -0.3 is 9.84 Å². The van der Waals surface area contributed by atoms with E-state index in [1.54, 1.807) is 0 Å². The molecule has 1 saturated heterocycles. The highest BCUT2D eigenvalue weighted by atomic mass is 32.2. The normalized spacial score (nSPS) is 26.0. The van der Waals surface area contributed by atoms with Crippen LogP contribution in [0, 0.1) is 0 Å². The average molecular weight is 302 g/mol. The molecule has 0 amide bonds. The molecular weight excluding hydrogens is 284 g/mol. The van der Waals surface area contributed by atoms with Crippen molar-refractivity contribution in [3.63, 3.8) is 0 Å². The van der Waals surface area contributed by atoms with Crippen molar-refractivity contribution >= 4 is 11.8 Å². The molecule has 2 unspecified atom stereocenters. The largest absolute Gasteiger partial charge is 0.338 e. The van der Waals surface area contributed by atoms with Crippen molar-refractivity contribution in [1.29, 1.82) is 0 Å². The van der Waals surface area contributed by atoms with Crippen molar-refractivity contribution in [2.75, 3.05) is 26.7 Å². The molecule has 110 valence electrons. The van der Waals surface area contributed by atoms with Gasteiger partial charge in [-0.05, 0) is 25.1 Å². The minimum absolute atomic E-state index is 0.213. The summed E-state index contributed by atoms with van der Waals surface area (Å²) >= 11 is 1.82. The highest BCUT2D eigenvalue weighted by molar-refractivity contribution is 7.99. The van der Waals surface area contributed by atoms with Crippen LogP contribution in [0.2, 0.25) is 0 Å². The van der Waals surface area contributed by atoms with Gasteiger partial charge >= 0.3 is 0 Å². The maximum atomic E-state index is 5.54. The van der Waals surface area contributed by atoms with Gasteiger partial charge in [0, 0.05) is 24.5 Å². The Labute approximate surface area is 128 Å². The van der Waals surface area contributed by atoms with Gasteiger partial charge in [-0.25, -0.2) is 0 Å². The second-order valence-electron chi connectivity index (χ2n) is 5.61. The van der Waals surface area contributed by atoms with Crippen molar-refractivity contribution < 1.29 is 4.52 Å². The zero-order valence-corrected chi connectivity index (χ0v) is 12.8. The lowest BCUT2D eigenvalue weighted by Gasteiger charge is -2.30. The second-order valence-corrected chi connectivity index (χ2v) is 6.85. The molecular formula is C15H18N4OS. The molecule has 0 spiro atoms. The number of piperazine rings is 1. The van der Waals surface area contributed by atoms with Gasteiger partial charge in [0.1, 0.15) is 0 Å². The Hall–Kier alpha value is -1.37. The van der Waals surface area contributed by atoms with E-state index in [4.69, 9.17) is 4.52 Å². The van der Waals surface area contributed by atoms with Crippen LogP contribution in [0.1, 0.15) is 28.6 Å². The first kappa shape index (κ1) is 13.3. The van der Waals surface area contributed by atoms with E-state index in [0.29, 0.717) is 0 Å². The van der Waals surface area contributed by atoms with Gasteiger partial charge in [0.05, 0.1) is 11.3 Å². The Balaban J connectivity index is 1.53. The molecule has 0 bridgehead atoms. The summed E-state index contributed by atoms with van der Waals surface area (Å²) in [6, 6.07) is 8.72. The van der Waals surface area contributed by atoms with Gasteiger partial charge in [-0.2, -0.15) is 4.98 Å². The summed E-state index contributed by atoms with van der Waals surface area (Å²) in [5.41, 5.74) is 1.38. The van der Waals surface area contributed by atoms with Crippen LogP contribution in [0.25, 0.3) is 0 Å². The van der Waals surface area contributed by atoms with E-state index in [1.807, 2.05) is 11.8 Å². The first-order chi connectivity index (χ1) is 10.3. The number of likely N-dealkylation sites (N-methyl/N-ethyl adjacent to an activating group) is 1. The number of hydrogen-bond donors (Lipinski definition) is 1. The molecule has 3 heterocycles. The van der Waals surface area contributed by atoms with Crippen molar-refractivity contribution in [2.45, 2.75) is 22.6 Å². The molecule has 1 aromatic carbocycles. The van der Waals surface area contributed by atoms with E-state index in [1.165, 1.54) is 10.5 Å². The first-order valence-corrected chi connectivity index (χ1v) is 8.18. The van der Waals surface area contributed by atoms with E-state index in [-0.39, 0.29) is 11.3 Å². The minimum atomic E-state index is 0.213. The SMILES string of the molecule is CN1CCNCC1c1noc(C2Cc3ccccc3S2)n1. The van der Waals surface area contributed by atoms with Gasteiger partial charge in [0.25, 0.3) is 0 Å². The monoisotopic (exact) mass is 302 g/mol. The molecule has 5 nitrogen and oxygen atoms in total. The van der Waals surface area contributed by atoms with Gasteiger partial charge in [0.15, 0.2) is 5.82 Å². The highest BCUT2D eigenvalue weighted by Crippen LogP contribution is 2.45. The average Bonchev–Trinajstić information content (AvgIpc) is 3.14. The molecule has 21 heavy (non-hydrogen) atoms. The zero-order chi connectivity index (χ0) is 14.2. The van der Waals surface area contributed by atoms with Crippen LogP contribution < -0.4 is 5.32 Å². The van der Waals surface area contributed by atoms with Crippen LogP contribution in [0.4, 0.5) is 0 Å². The molecule has 1 aromatic heterocycles. The molecule has 0 saturated carbocycles. The molecule has 0 aliphatic carbocycles. The molecule has 0 radical (unpaired) electrons. The van der Waals surface area contributed by atoms with Crippen LogP contribution in [0.3, 0.4) is 0 Å². The third-order valence-corrected chi connectivity index (χ3v) is 5.49. The number of nitrogens with zero attached hydrogens (tertiary/aromatic N) is 3. The number of fused-ring (bicyclic) bond motifs is 1. The van der Waals surface area contributed by atoms with E-state index in [2.05, 4.69) is 51.7 Å². The van der Waals surface area contributed by atoms with Crippen LogP contribution in [0.5, 0.6) is 0 Å². The van der Waals surface area contributed by atoms with Gasteiger partial charge in [0.2, 0.25) is 5.89 Å². The Morgan fingerprint density at radius 3 is 3.14 bits per heavy atom. The molecule has 2 atom stereocenters. The number of nitrogens with one attached hydrogen (secondary N) is 1. The summed E-state index contributed by atoms with van der Waals surface area (Å²) in [4.78, 5) is 8.28. The third kappa shape index (κ3) is 2.47. The molecule has 4 rings (SSSR count). The first-order valence-electron chi connectivity index (χ1n) is 7.30. The van der Waals surface area contributed by atoms with Crippen molar-refractivity contribution in [2.24, 2.45) is 0 Å². The molecule has 1 N–H and O–H groups in total. The summed E-state index contributed by atoms with van der Waals surface area (Å²) in [7, 11) is 2.11. The lowest BCUT2D eigenvalue weighted by molar-refractivity contribution is 0.190. The predicted octanol–water partition coefficient (Wildman–Crippen LogP) is 2.04. The van der Waals surface area contributed by atoms with E-state index >= 15 is 0 Å². The number of benzene rings is 1. The van der Waals surface area contributed by atoms with E-state index < -0.39 is 0 Å². The van der Waals surface area contributed by atoms with Crippen LogP contribution in [-0.4, -0.2) is 41.7 Å². The number of rotatable bonds is 2. The molecule has 2 aromatic rings. The summed E-state index contributed by atoms with van der Waals surface area (Å²) in [6.45, 7) is 2.91. The number of thioether (sulfide) groups is 1. The van der Waals surface area contributed by atoms with Crippen molar-refractivity contribution in [3.8, 4) is 0 Å². The molecule has 6 heteroatoms. The van der Waals surface area contributed by atoms with Crippen molar-refractivity contribution in [3.05, 3.63) is 41.5 Å². The lowest BCUT2D eigenvalue weighted by atomic mass is 10.1. The second kappa shape index (κ2) is 5.44. The Morgan fingerprint density at radius 1 is 1.38 bits per heavy atom. The number of hydrogen-bond acceptors (Lipinski definition) is 6. The Kier molecular flexibility index (Phi) is 3.45. The standard InChI is InChI=1S/C15H18N4OS/c1-19-7-6-16-9-11(19)14-17-15(20-18-14)13-8-10-4-2-3-5-12(10)21-13/h2-5,11,13,16H,6-9H2,1H3. The number of aromatic nitrogens is 2. The molecule has 2 aliphatic heterocycles. The predicted molar refractivity (Wildman–Crippen MR) is 81.3 cm³/mol. The fourth-order valence-electron chi connectivity index (χ4n) is 2.93. The molecule has 2 aliphatic rings. The maximum absolute atomic E-state index is 5.54. The van der Waals surface area contributed by atoms with Crippen LogP contribution in [-0.2, 0) is 6.42 Å². The Morgan fingerprint density at radius 2 is 2.29 bits per heavy atom. The highest BCUT2D eigenvalue weighted by Gasteiger charge is 2.31. The van der Waals surface area contributed by atoms with Crippen LogP contribution in [0.15, 0.2) is 33.7 Å². The lowest BCUT2D eigenvalue weighted by Crippen LogP contribution is -2.44. The zero-order valence-electron chi connectivity index (χ0n) is 12.0. The summed E-state index contributed by atoms with van der Waals surface area (Å²) in [5.74, 6) is 1.56. The van der Waals surface area contributed by atoms with E-state index in [9.17, 15) is 0 Å².